The van der Waals surface area contributed by atoms with Crippen molar-refractivity contribution in [1.29, 1.82) is 0 Å². The highest BCUT2D eigenvalue weighted by molar-refractivity contribution is 6.08. The van der Waals surface area contributed by atoms with Gasteiger partial charge in [0.05, 0.1) is 19.4 Å². The lowest BCUT2D eigenvalue weighted by atomic mass is 10.1. The van der Waals surface area contributed by atoms with E-state index >= 15 is 0 Å². The number of nitrogens with zero attached hydrogens (tertiary/aromatic N) is 2. The van der Waals surface area contributed by atoms with Gasteiger partial charge in [-0.2, -0.15) is 5.10 Å². The molecular weight excluding hydrogens is 310 g/mol. The molecule has 130 valence electrons. The Morgan fingerprint density at radius 1 is 1.29 bits per heavy atom. The molecule has 2 amide bonds. The zero-order valence-corrected chi connectivity index (χ0v) is 14.2. The van der Waals surface area contributed by atoms with Gasteiger partial charge in [0.25, 0.3) is 0 Å². The molecule has 0 fully saturated rings. The van der Waals surface area contributed by atoms with Crippen LogP contribution in [0.2, 0.25) is 0 Å². The summed E-state index contributed by atoms with van der Waals surface area (Å²) in [7, 11) is 3.14. The van der Waals surface area contributed by atoms with Crippen LogP contribution < -0.4 is 10.1 Å². The number of hydrogen-bond acceptors (Lipinski definition) is 5. The SMILES string of the molecule is C/C=C\C(=N/N(C=O)CC(=O)NCCOC)c1ccc(OC)cc1. The van der Waals surface area contributed by atoms with Crippen LogP contribution in [-0.4, -0.2) is 57.0 Å². The number of benzene rings is 1. The van der Waals surface area contributed by atoms with Crippen LogP contribution in [0.15, 0.2) is 41.5 Å². The molecule has 7 nitrogen and oxygen atoms in total. The molecule has 0 unspecified atom stereocenters. The number of hydrazone groups is 1. The summed E-state index contributed by atoms with van der Waals surface area (Å²) in [6.45, 7) is 2.48. The number of ether oxygens (including phenoxy) is 2. The predicted octanol–water partition coefficient (Wildman–Crippen LogP) is 1.20. The summed E-state index contributed by atoms with van der Waals surface area (Å²) in [5, 5.41) is 7.94. The molecule has 0 atom stereocenters. The number of rotatable bonds is 10. The maximum absolute atomic E-state index is 11.8. The predicted molar refractivity (Wildman–Crippen MR) is 92.0 cm³/mol. The van der Waals surface area contributed by atoms with Crippen LogP contribution >= 0.6 is 0 Å². The summed E-state index contributed by atoms with van der Waals surface area (Å²) in [6, 6.07) is 7.27. The van der Waals surface area contributed by atoms with Crippen molar-refractivity contribution < 1.29 is 19.1 Å². The van der Waals surface area contributed by atoms with Gasteiger partial charge in [-0.15, -0.1) is 0 Å². The molecule has 0 bridgehead atoms. The quantitative estimate of drug-likeness (QED) is 0.302. The lowest BCUT2D eigenvalue weighted by Gasteiger charge is -2.13. The topological polar surface area (TPSA) is 80.2 Å². The van der Waals surface area contributed by atoms with Crippen LogP contribution in [0.25, 0.3) is 0 Å². The lowest BCUT2D eigenvalue weighted by Crippen LogP contribution is -2.36. The Hall–Kier alpha value is -2.67. The van der Waals surface area contributed by atoms with Crippen molar-refractivity contribution in [2.24, 2.45) is 5.10 Å². The average molecular weight is 333 g/mol. The first-order valence-corrected chi connectivity index (χ1v) is 7.47. The molecule has 0 aromatic heterocycles. The molecule has 1 N–H and O–H groups in total. The van der Waals surface area contributed by atoms with Crippen LogP contribution in [0.4, 0.5) is 0 Å². The molecule has 0 heterocycles. The molecule has 0 aliphatic heterocycles. The van der Waals surface area contributed by atoms with E-state index in [1.807, 2.05) is 25.1 Å². The highest BCUT2D eigenvalue weighted by Crippen LogP contribution is 2.13. The monoisotopic (exact) mass is 333 g/mol. The lowest BCUT2D eigenvalue weighted by molar-refractivity contribution is -0.128. The maximum Gasteiger partial charge on any atom is 0.241 e. The number of amides is 2. The Kier molecular flexibility index (Phi) is 8.85. The first-order chi connectivity index (χ1) is 11.6. The van der Waals surface area contributed by atoms with Crippen LogP contribution in [0.3, 0.4) is 0 Å². The third-order valence-electron chi connectivity index (χ3n) is 3.00. The third kappa shape index (κ3) is 6.62. The van der Waals surface area contributed by atoms with Gasteiger partial charge < -0.3 is 14.8 Å². The highest BCUT2D eigenvalue weighted by atomic mass is 16.5. The van der Waals surface area contributed by atoms with Crippen LogP contribution in [0.5, 0.6) is 5.75 Å². The maximum atomic E-state index is 11.8. The average Bonchev–Trinajstić information content (AvgIpc) is 2.61. The first-order valence-electron chi connectivity index (χ1n) is 7.47. The Bertz CT molecular complexity index is 582. The summed E-state index contributed by atoms with van der Waals surface area (Å²) < 4.78 is 9.97. The fraction of sp³-hybridized carbons (Fsp3) is 0.353. The van der Waals surface area contributed by atoms with Gasteiger partial charge in [0, 0.05) is 19.2 Å². The largest absolute Gasteiger partial charge is 0.497 e. The van der Waals surface area contributed by atoms with E-state index < -0.39 is 0 Å². The summed E-state index contributed by atoms with van der Waals surface area (Å²) in [5.41, 5.74) is 1.37. The molecule has 7 heteroatoms. The van der Waals surface area contributed by atoms with Gasteiger partial charge in [0.15, 0.2) is 0 Å². The summed E-state index contributed by atoms with van der Waals surface area (Å²) in [5.74, 6) is 0.417. The van der Waals surface area contributed by atoms with Gasteiger partial charge in [0.1, 0.15) is 12.3 Å². The van der Waals surface area contributed by atoms with E-state index in [9.17, 15) is 9.59 Å². The zero-order chi connectivity index (χ0) is 17.8. The van der Waals surface area contributed by atoms with Crippen molar-refractivity contribution in [2.75, 3.05) is 33.9 Å². The molecule has 1 aromatic rings. The van der Waals surface area contributed by atoms with E-state index in [2.05, 4.69) is 10.4 Å². The molecule has 0 aliphatic carbocycles. The van der Waals surface area contributed by atoms with Crippen molar-refractivity contribution in [3.63, 3.8) is 0 Å². The molecular formula is C17H23N3O4. The molecule has 0 radical (unpaired) electrons. The molecule has 1 rings (SSSR count). The number of hydrogen-bond donors (Lipinski definition) is 1. The number of allylic oxidation sites excluding steroid dienone is 2. The molecule has 0 saturated heterocycles. The van der Waals surface area contributed by atoms with Crippen LogP contribution in [0.1, 0.15) is 12.5 Å². The number of carbonyl (C=O) groups excluding carboxylic acids is 2. The third-order valence-corrected chi connectivity index (χ3v) is 3.00. The van der Waals surface area contributed by atoms with Gasteiger partial charge in [-0.1, -0.05) is 6.08 Å². The highest BCUT2D eigenvalue weighted by Gasteiger charge is 2.09. The van der Waals surface area contributed by atoms with E-state index in [0.29, 0.717) is 25.3 Å². The first kappa shape index (κ1) is 19.4. The summed E-state index contributed by atoms with van der Waals surface area (Å²) in [4.78, 5) is 23.0. The second-order valence-electron chi connectivity index (χ2n) is 4.76. The minimum Gasteiger partial charge on any atom is -0.497 e. The fourth-order valence-corrected chi connectivity index (χ4v) is 1.84. The normalized spacial score (nSPS) is 11.4. The molecule has 24 heavy (non-hydrogen) atoms. The van der Waals surface area contributed by atoms with E-state index in [4.69, 9.17) is 9.47 Å². The van der Waals surface area contributed by atoms with E-state index in [0.717, 1.165) is 16.3 Å². The van der Waals surface area contributed by atoms with Gasteiger partial charge in [-0.25, -0.2) is 5.01 Å². The zero-order valence-electron chi connectivity index (χ0n) is 14.2. The Balaban J connectivity index is 2.86. The molecule has 0 aliphatic rings. The van der Waals surface area contributed by atoms with Crippen molar-refractivity contribution in [3.8, 4) is 5.75 Å². The number of methoxy groups -OCH3 is 2. The molecule has 1 aromatic carbocycles. The van der Waals surface area contributed by atoms with Crippen molar-refractivity contribution in [3.05, 3.63) is 42.0 Å². The van der Waals surface area contributed by atoms with E-state index in [1.54, 1.807) is 32.4 Å². The van der Waals surface area contributed by atoms with Gasteiger partial charge in [-0.3, -0.25) is 9.59 Å². The molecule has 0 spiro atoms. The van der Waals surface area contributed by atoms with Gasteiger partial charge >= 0.3 is 0 Å². The Morgan fingerprint density at radius 2 is 2.00 bits per heavy atom. The second kappa shape index (κ2) is 11.0. The minimum atomic E-state index is -0.308. The van der Waals surface area contributed by atoms with Crippen LogP contribution in [0, 0.1) is 0 Å². The minimum absolute atomic E-state index is 0.162. The summed E-state index contributed by atoms with van der Waals surface area (Å²) >= 11 is 0. The van der Waals surface area contributed by atoms with Gasteiger partial charge in [0.2, 0.25) is 12.3 Å². The van der Waals surface area contributed by atoms with E-state index in [-0.39, 0.29) is 12.5 Å². The van der Waals surface area contributed by atoms with Crippen molar-refractivity contribution >= 4 is 18.0 Å². The fourth-order valence-electron chi connectivity index (χ4n) is 1.84. The van der Waals surface area contributed by atoms with Crippen molar-refractivity contribution in [1.82, 2.24) is 10.3 Å². The smallest absolute Gasteiger partial charge is 0.241 e. The number of carbonyl (C=O) groups is 2. The van der Waals surface area contributed by atoms with Gasteiger partial charge in [-0.05, 0) is 37.3 Å². The Labute approximate surface area is 141 Å². The Morgan fingerprint density at radius 3 is 2.54 bits per heavy atom. The van der Waals surface area contributed by atoms with Crippen molar-refractivity contribution in [2.45, 2.75) is 6.92 Å². The summed E-state index contributed by atoms with van der Waals surface area (Å²) in [6.07, 6.45) is 4.09. The van der Waals surface area contributed by atoms with E-state index in [1.165, 1.54) is 0 Å². The number of nitrogens with one attached hydrogen (secondary N) is 1. The van der Waals surface area contributed by atoms with Crippen LogP contribution in [-0.2, 0) is 14.3 Å². The standard InChI is InChI=1S/C17H23N3O4/c1-4-5-16(14-6-8-15(24-3)9-7-14)19-20(13-21)12-17(22)18-10-11-23-2/h4-9,13H,10-12H2,1-3H3,(H,18,22)/b5-4-,19-16+. The second-order valence-corrected chi connectivity index (χ2v) is 4.76. The molecule has 0 saturated carbocycles.